The first-order valence-electron chi connectivity index (χ1n) is 8.66. The molecule has 0 fully saturated rings. The zero-order valence-corrected chi connectivity index (χ0v) is 17.8. The van der Waals surface area contributed by atoms with Gasteiger partial charge in [-0.1, -0.05) is 39.5 Å². The number of allylic oxidation sites excluding steroid dienone is 1. The summed E-state index contributed by atoms with van der Waals surface area (Å²) in [5.74, 6) is -0.844. The van der Waals surface area contributed by atoms with Crippen LogP contribution < -0.4 is 40.0 Å². The van der Waals surface area contributed by atoms with Crippen LogP contribution in [0.25, 0.3) is 0 Å². The van der Waals surface area contributed by atoms with E-state index in [1.165, 1.54) is 6.20 Å². The second-order valence-corrected chi connectivity index (χ2v) is 5.97. The summed E-state index contributed by atoms with van der Waals surface area (Å²) < 4.78 is 0. The van der Waals surface area contributed by atoms with Crippen LogP contribution >= 0.6 is 0 Å². The molecule has 0 saturated carbocycles. The van der Waals surface area contributed by atoms with Gasteiger partial charge in [0.25, 0.3) is 0 Å². The topological polar surface area (TPSA) is 95.9 Å². The van der Waals surface area contributed by atoms with Crippen LogP contribution in [0.2, 0.25) is 0 Å². The van der Waals surface area contributed by atoms with E-state index in [9.17, 15) is 20.1 Å². The first-order valence-corrected chi connectivity index (χ1v) is 8.66. The van der Waals surface area contributed by atoms with Gasteiger partial charge in [-0.15, -0.1) is 5.76 Å². The molecule has 7 heteroatoms. The maximum Gasteiger partial charge on any atom is 1.00 e. The van der Waals surface area contributed by atoms with Crippen molar-refractivity contribution in [1.29, 1.82) is 0 Å². The molecule has 0 aliphatic carbocycles. The van der Waals surface area contributed by atoms with Crippen molar-refractivity contribution in [2.75, 3.05) is 19.6 Å². The molecule has 0 aromatic heterocycles. The number of unbranched alkanes of at least 4 members (excludes halogenated alkanes) is 2. The third-order valence-corrected chi connectivity index (χ3v) is 3.82. The minimum atomic E-state index is -0.907. The van der Waals surface area contributed by atoms with Gasteiger partial charge >= 0.3 is 35.5 Å². The van der Waals surface area contributed by atoms with E-state index in [4.69, 9.17) is 0 Å². The number of carbonyl (C=O) groups is 1. The van der Waals surface area contributed by atoms with Crippen molar-refractivity contribution in [3.05, 3.63) is 12.0 Å². The minimum Gasteiger partial charge on any atom is -0.874 e. The number of carboxylic acid groups (broad SMARTS) is 1. The maximum atomic E-state index is 11.5. The van der Waals surface area contributed by atoms with Gasteiger partial charge in [-0.2, -0.15) is 0 Å². The number of nitrogens with zero attached hydrogens (tertiary/aromatic N) is 1. The van der Waals surface area contributed by atoms with E-state index in [0.29, 0.717) is 32.5 Å². The fraction of sp³-hybridized carbons (Fsp3) is 0.824. The summed E-state index contributed by atoms with van der Waals surface area (Å²) in [5.41, 5.74) is 0. The number of carboxylic acids is 1. The zero-order chi connectivity index (χ0) is 17.7. The van der Waals surface area contributed by atoms with Crippen molar-refractivity contribution < 1.29 is 49.7 Å². The number of rotatable bonds is 14. The van der Waals surface area contributed by atoms with E-state index < -0.39 is 18.1 Å². The van der Waals surface area contributed by atoms with Crippen molar-refractivity contribution in [2.24, 2.45) is 0 Å². The zero-order valence-electron chi connectivity index (χ0n) is 15.8. The largest absolute Gasteiger partial charge is 1.00 e. The van der Waals surface area contributed by atoms with Gasteiger partial charge in [0.1, 0.15) is 6.04 Å². The first kappa shape index (κ1) is 26.0. The molecule has 0 aliphatic rings. The summed E-state index contributed by atoms with van der Waals surface area (Å²) in [7, 11) is 0. The second kappa shape index (κ2) is 16.2. The Labute approximate surface area is 168 Å². The molecule has 0 saturated heterocycles. The monoisotopic (exact) mass is 352 g/mol. The molecule has 0 rings (SSSR count). The average molecular weight is 352 g/mol. The normalized spacial score (nSPS) is 14.1. The Kier molecular flexibility index (Phi) is 17.5. The molecule has 0 aliphatic heterocycles. The van der Waals surface area contributed by atoms with Crippen LogP contribution in [0.5, 0.6) is 0 Å². The number of aliphatic hydroxyl groups is 1. The van der Waals surface area contributed by atoms with Crippen molar-refractivity contribution in [3.8, 4) is 0 Å². The SMILES string of the molecule is CCCC/C([O-])=C/NCCN(CC(O)CCCC)C(C)C(=O)O.[Na+]. The Morgan fingerprint density at radius 2 is 1.92 bits per heavy atom. The smallest absolute Gasteiger partial charge is 0.874 e. The van der Waals surface area contributed by atoms with Gasteiger partial charge in [-0.25, -0.2) is 0 Å². The molecule has 2 atom stereocenters. The van der Waals surface area contributed by atoms with Gasteiger partial charge in [0.2, 0.25) is 0 Å². The van der Waals surface area contributed by atoms with Gasteiger partial charge in [0.05, 0.1) is 6.10 Å². The minimum absolute atomic E-state index is 0. The Balaban J connectivity index is 0. The molecule has 0 radical (unpaired) electrons. The number of aliphatic carboxylic acids is 1. The van der Waals surface area contributed by atoms with Gasteiger partial charge in [0, 0.05) is 19.6 Å². The van der Waals surface area contributed by atoms with Gasteiger partial charge < -0.3 is 20.6 Å². The van der Waals surface area contributed by atoms with Crippen LogP contribution in [0, 0.1) is 0 Å². The number of hydrogen-bond donors (Lipinski definition) is 3. The molecule has 3 N–H and O–H groups in total. The van der Waals surface area contributed by atoms with Crippen LogP contribution in [-0.4, -0.2) is 52.9 Å². The van der Waals surface area contributed by atoms with Gasteiger partial charge in [0.15, 0.2) is 0 Å². The molecule has 0 spiro atoms. The molecule has 0 amide bonds. The third kappa shape index (κ3) is 13.1. The molecule has 0 aromatic rings. The average Bonchev–Trinajstić information content (AvgIpc) is 2.52. The van der Waals surface area contributed by atoms with E-state index in [1.807, 2.05) is 6.92 Å². The molecule has 0 aromatic carbocycles. The standard InChI is InChI=1S/C17H34N2O4.Na/c1-4-6-8-15(20)12-18-10-11-19(14(3)17(22)23)13-16(21)9-7-5-2;/h12,14,16,18,20-21H,4-11,13H2,1-3H3,(H,22,23);/q;+1/p-1/b15-12-;. The predicted octanol–water partition coefficient (Wildman–Crippen LogP) is -1.70. The summed E-state index contributed by atoms with van der Waals surface area (Å²) in [6, 6.07) is -0.663. The molecular formula is C17H33N2NaO4. The van der Waals surface area contributed by atoms with E-state index in [-0.39, 0.29) is 35.3 Å². The maximum absolute atomic E-state index is 11.5. The first-order chi connectivity index (χ1) is 10.9. The van der Waals surface area contributed by atoms with E-state index in [2.05, 4.69) is 12.2 Å². The molecule has 0 heterocycles. The molecule has 136 valence electrons. The van der Waals surface area contributed by atoms with E-state index >= 15 is 0 Å². The van der Waals surface area contributed by atoms with Crippen LogP contribution in [0.1, 0.15) is 59.3 Å². The summed E-state index contributed by atoms with van der Waals surface area (Å²) in [6.45, 7) is 6.99. The van der Waals surface area contributed by atoms with E-state index in [0.717, 1.165) is 25.7 Å². The predicted molar refractivity (Wildman–Crippen MR) is 89.8 cm³/mol. The van der Waals surface area contributed by atoms with Crippen LogP contribution in [-0.2, 0) is 4.79 Å². The summed E-state index contributed by atoms with van der Waals surface area (Å²) in [6.07, 6.45) is 5.94. The Bertz CT molecular complexity index is 353. The molecule has 24 heavy (non-hydrogen) atoms. The van der Waals surface area contributed by atoms with Crippen LogP contribution in [0.15, 0.2) is 12.0 Å². The van der Waals surface area contributed by atoms with Crippen molar-refractivity contribution in [3.63, 3.8) is 0 Å². The molecule has 6 nitrogen and oxygen atoms in total. The number of aliphatic hydroxyl groups excluding tert-OH is 1. The number of nitrogens with one attached hydrogen (secondary N) is 1. The fourth-order valence-electron chi connectivity index (χ4n) is 2.22. The van der Waals surface area contributed by atoms with Crippen molar-refractivity contribution in [1.82, 2.24) is 10.2 Å². The van der Waals surface area contributed by atoms with Gasteiger partial charge in [-0.3, -0.25) is 9.69 Å². The molecule has 0 bridgehead atoms. The summed E-state index contributed by atoms with van der Waals surface area (Å²) in [5, 5.41) is 33.6. The quantitative estimate of drug-likeness (QED) is 0.196. The Morgan fingerprint density at radius 1 is 1.29 bits per heavy atom. The number of hydrogen-bond acceptors (Lipinski definition) is 5. The molecular weight excluding hydrogens is 319 g/mol. The van der Waals surface area contributed by atoms with Crippen molar-refractivity contribution in [2.45, 2.75) is 71.4 Å². The van der Waals surface area contributed by atoms with Crippen LogP contribution in [0.4, 0.5) is 0 Å². The Hall–Kier alpha value is -0.270. The van der Waals surface area contributed by atoms with Crippen LogP contribution in [0.3, 0.4) is 0 Å². The second-order valence-electron chi connectivity index (χ2n) is 5.97. The summed E-state index contributed by atoms with van der Waals surface area (Å²) >= 11 is 0. The van der Waals surface area contributed by atoms with Gasteiger partial charge in [-0.05, 0) is 26.0 Å². The fourth-order valence-corrected chi connectivity index (χ4v) is 2.22. The van der Waals surface area contributed by atoms with E-state index in [1.54, 1.807) is 11.8 Å². The van der Waals surface area contributed by atoms with Crippen molar-refractivity contribution >= 4 is 5.97 Å². The molecule has 2 unspecified atom stereocenters. The summed E-state index contributed by atoms with van der Waals surface area (Å²) in [4.78, 5) is 12.9. The third-order valence-electron chi connectivity index (χ3n) is 3.82. The Morgan fingerprint density at radius 3 is 2.46 bits per heavy atom.